The van der Waals surface area contributed by atoms with Crippen molar-refractivity contribution in [1.82, 2.24) is 0 Å². The minimum absolute atomic E-state index is 0.114. The number of carboxylic acids is 2. The zero-order chi connectivity index (χ0) is 14.5. The largest absolute Gasteiger partial charge is 0.481 e. The molecule has 0 bridgehead atoms. The van der Waals surface area contributed by atoms with E-state index >= 15 is 0 Å². The summed E-state index contributed by atoms with van der Waals surface area (Å²) in [5.41, 5.74) is 0. The van der Waals surface area contributed by atoms with Gasteiger partial charge >= 0.3 is 11.9 Å². The Morgan fingerprint density at radius 3 is 1.20 bits per heavy atom. The Bertz CT molecular complexity index is 302. The zero-order valence-corrected chi connectivity index (χ0v) is 12.1. The molecule has 2 aliphatic carbocycles. The van der Waals surface area contributed by atoms with Crippen molar-refractivity contribution in [1.29, 1.82) is 0 Å². The van der Waals surface area contributed by atoms with Gasteiger partial charge in [0, 0.05) is 0 Å². The van der Waals surface area contributed by atoms with Crippen LogP contribution < -0.4 is 0 Å². The van der Waals surface area contributed by atoms with Crippen molar-refractivity contribution in [2.45, 2.75) is 64.2 Å². The van der Waals surface area contributed by atoms with Gasteiger partial charge in [-0.15, -0.1) is 0 Å². The molecule has 0 saturated heterocycles. The first-order valence-electron chi connectivity index (χ1n) is 8.02. The molecule has 0 aliphatic heterocycles. The van der Waals surface area contributed by atoms with Crippen LogP contribution in [0.25, 0.3) is 0 Å². The van der Waals surface area contributed by atoms with E-state index in [-0.39, 0.29) is 11.8 Å². The van der Waals surface area contributed by atoms with Crippen LogP contribution in [-0.2, 0) is 9.59 Å². The molecule has 0 atom stereocenters. The molecule has 0 amide bonds. The third-order valence-electron chi connectivity index (χ3n) is 5.38. The van der Waals surface area contributed by atoms with Crippen LogP contribution in [0.4, 0.5) is 0 Å². The van der Waals surface area contributed by atoms with E-state index in [2.05, 4.69) is 0 Å². The smallest absolute Gasteiger partial charge is 0.306 e. The molecule has 4 nitrogen and oxygen atoms in total. The van der Waals surface area contributed by atoms with E-state index in [4.69, 9.17) is 10.2 Å². The number of rotatable bonds is 5. The number of hydrogen-bond acceptors (Lipinski definition) is 2. The molecule has 4 heteroatoms. The molecule has 0 aromatic rings. The zero-order valence-electron chi connectivity index (χ0n) is 12.1. The summed E-state index contributed by atoms with van der Waals surface area (Å²) in [6.07, 6.45) is 9.99. The molecule has 0 heterocycles. The molecule has 2 aliphatic rings. The highest BCUT2D eigenvalue weighted by molar-refractivity contribution is 5.70. The van der Waals surface area contributed by atoms with Gasteiger partial charge in [0.1, 0.15) is 0 Å². The number of aliphatic carboxylic acids is 2. The van der Waals surface area contributed by atoms with Gasteiger partial charge in [-0.25, -0.2) is 0 Å². The van der Waals surface area contributed by atoms with Crippen LogP contribution in [0.3, 0.4) is 0 Å². The summed E-state index contributed by atoms with van der Waals surface area (Å²) in [6.45, 7) is 0. The molecule has 0 aromatic heterocycles. The molecule has 2 N–H and O–H groups in total. The Hall–Kier alpha value is -1.06. The summed E-state index contributed by atoms with van der Waals surface area (Å²) in [5, 5.41) is 18.0. The first kappa shape index (κ1) is 15.3. The highest BCUT2D eigenvalue weighted by atomic mass is 16.4. The van der Waals surface area contributed by atoms with Gasteiger partial charge in [-0.1, -0.05) is 12.8 Å². The van der Waals surface area contributed by atoms with E-state index in [1.807, 2.05) is 0 Å². The Kier molecular flexibility index (Phi) is 5.44. The van der Waals surface area contributed by atoms with Gasteiger partial charge in [0.15, 0.2) is 0 Å². The van der Waals surface area contributed by atoms with Crippen molar-refractivity contribution in [2.75, 3.05) is 0 Å². The molecule has 0 radical (unpaired) electrons. The van der Waals surface area contributed by atoms with Gasteiger partial charge in [-0.3, -0.25) is 9.59 Å². The SMILES string of the molecule is O=C(O)C1CCC(CCC2CCC(C(=O)O)CC2)CC1. The van der Waals surface area contributed by atoms with Gasteiger partial charge < -0.3 is 10.2 Å². The van der Waals surface area contributed by atoms with Gasteiger partial charge in [-0.2, -0.15) is 0 Å². The maximum absolute atomic E-state index is 10.9. The van der Waals surface area contributed by atoms with Crippen molar-refractivity contribution < 1.29 is 19.8 Å². The molecule has 0 unspecified atom stereocenters. The fourth-order valence-corrected chi connectivity index (χ4v) is 3.87. The fraction of sp³-hybridized carbons (Fsp3) is 0.875. The van der Waals surface area contributed by atoms with E-state index < -0.39 is 11.9 Å². The number of carboxylic acid groups (broad SMARTS) is 2. The molecule has 20 heavy (non-hydrogen) atoms. The molecule has 2 fully saturated rings. The van der Waals surface area contributed by atoms with Crippen molar-refractivity contribution in [3.8, 4) is 0 Å². The van der Waals surface area contributed by atoms with Crippen LogP contribution in [0.1, 0.15) is 64.2 Å². The van der Waals surface area contributed by atoms with Crippen LogP contribution >= 0.6 is 0 Å². The lowest BCUT2D eigenvalue weighted by Crippen LogP contribution is -2.23. The Balaban J connectivity index is 1.62. The molecule has 2 saturated carbocycles. The third kappa shape index (κ3) is 4.22. The van der Waals surface area contributed by atoms with Crippen LogP contribution in [-0.4, -0.2) is 22.2 Å². The summed E-state index contributed by atoms with van der Waals surface area (Å²) in [5.74, 6) is -0.0917. The molecule has 0 spiro atoms. The Morgan fingerprint density at radius 2 is 0.950 bits per heavy atom. The predicted octanol–water partition coefficient (Wildman–Crippen LogP) is 3.55. The average molecular weight is 282 g/mol. The summed E-state index contributed by atoms with van der Waals surface area (Å²) >= 11 is 0. The van der Waals surface area contributed by atoms with Crippen LogP contribution in [0.2, 0.25) is 0 Å². The van der Waals surface area contributed by atoms with E-state index in [1.54, 1.807) is 0 Å². The minimum Gasteiger partial charge on any atom is -0.481 e. The lowest BCUT2D eigenvalue weighted by atomic mass is 9.75. The van der Waals surface area contributed by atoms with Gasteiger partial charge in [0.05, 0.1) is 11.8 Å². The lowest BCUT2D eigenvalue weighted by molar-refractivity contribution is -0.144. The molecule has 0 aromatic carbocycles. The molecule has 114 valence electrons. The van der Waals surface area contributed by atoms with E-state index in [9.17, 15) is 9.59 Å². The highest BCUT2D eigenvalue weighted by Crippen LogP contribution is 2.36. The van der Waals surface area contributed by atoms with E-state index in [1.165, 1.54) is 12.8 Å². The van der Waals surface area contributed by atoms with Gasteiger partial charge in [-0.05, 0) is 63.2 Å². The van der Waals surface area contributed by atoms with E-state index in [0.29, 0.717) is 11.8 Å². The number of hydrogen-bond donors (Lipinski definition) is 2. The van der Waals surface area contributed by atoms with Crippen molar-refractivity contribution in [3.05, 3.63) is 0 Å². The van der Waals surface area contributed by atoms with Crippen molar-refractivity contribution in [3.63, 3.8) is 0 Å². The lowest BCUT2D eigenvalue weighted by Gasteiger charge is -2.30. The van der Waals surface area contributed by atoms with E-state index in [0.717, 1.165) is 51.4 Å². The second kappa shape index (κ2) is 7.09. The van der Waals surface area contributed by atoms with Crippen LogP contribution in [0, 0.1) is 23.7 Å². The third-order valence-corrected chi connectivity index (χ3v) is 5.38. The topological polar surface area (TPSA) is 74.6 Å². The fourth-order valence-electron chi connectivity index (χ4n) is 3.87. The first-order chi connectivity index (χ1) is 9.56. The monoisotopic (exact) mass is 282 g/mol. The number of carbonyl (C=O) groups is 2. The van der Waals surface area contributed by atoms with Gasteiger partial charge in [0.25, 0.3) is 0 Å². The molecular formula is C16H26O4. The average Bonchev–Trinajstić information content (AvgIpc) is 2.46. The maximum atomic E-state index is 10.9. The van der Waals surface area contributed by atoms with Gasteiger partial charge in [0.2, 0.25) is 0 Å². The quantitative estimate of drug-likeness (QED) is 0.808. The Morgan fingerprint density at radius 1 is 0.650 bits per heavy atom. The molecular weight excluding hydrogens is 256 g/mol. The second-order valence-corrected chi connectivity index (χ2v) is 6.69. The summed E-state index contributed by atoms with van der Waals surface area (Å²) in [6, 6.07) is 0. The normalized spacial score (nSPS) is 34.6. The second-order valence-electron chi connectivity index (χ2n) is 6.69. The summed E-state index contributed by atoms with van der Waals surface area (Å²) in [4.78, 5) is 21.8. The Labute approximate surface area is 120 Å². The van der Waals surface area contributed by atoms with Crippen molar-refractivity contribution >= 4 is 11.9 Å². The summed E-state index contributed by atoms with van der Waals surface area (Å²) < 4.78 is 0. The minimum atomic E-state index is -0.629. The molecule has 2 rings (SSSR count). The summed E-state index contributed by atoms with van der Waals surface area (Å²) in [7, 11) is 0. The highest BCUT2D eigenvalue weighted by Gasteiger charge is 2.28. The predicted molar refractivity (Wildman–Crippen MR) is 75.4 cm³/mol. The van der Waals surface area contributed by atoms with Crippen LogP contribution in [0.15, 0.2) is 0 Å². The standard InChI is InChI=1S/C16H26O4/c17-15(18)13-7-3-11(4-8-13)1-2-12-5-9-14(10-6-12)16(19)20/h11-14H,1-10H2,(H,17,18)(H,19,20). The first-order valence-corrected chi connectivity index (χ1v) is 8.02. The van der Waals surface area contributed by atoms with Crippen molar-refractivity contribution in [2.24, 2.45) is 23.7 Å². The van der Waals surface area contributed by atoms with Crippen LogP contribution in [0.5, 0.6) is 0 Å². The maximum Gasteiger partial charge on any atom is 0.306 e.